The van der Waals surface area contributed by atoms with Crippen LogP contribution in [0.2, 0.25) is 0 Å². The first-order valence-electron chi connectivity index (χ1n) is 11.9. The molecule has 3 atom stereocenters. The quantitative estimate of drug-likeness (QED) is 0.607. The highest BCUT2D eigenvalue weighted by molar-refractivity contribution is 5.95. The number of nitrogens with zero attached hydrogens (tertiary/aromatic N) is 1. The van der Waals surface area contributed by atoms with Gasteiger partial charge < -0.3 is 19.7 Å². The van der Waals surface area contributed by atoms with Crippen LogP contribution in [0, 0.1) is 5.82 Å². The molecule has 0 aliphatic carbocycles. The minimum atomic E-state index is -1.33. The maximum absolute atomic E-state index is 15.7. The van der Waals surface area contributed by atoms with Gasteiger partial charge in [0.15, 0.2) is 11.6 Å². The molecule has 2 fully saturated rings. The second-order valence-electron chi connectivity index (χ2n) is 9.50. The van der Waals surface area contributed by atoms with Crippen LogP contribution in [0.5, 0.6) is 11.5 Å². The van der Waals surface area contributed by atoms with E-state index in [1.165, 1.54) is 6.07 Å². The molecule has 2 bridgehead atoms. The zero-order valence-corrected chi connectivity index (χ0v) is 19.0. The lowest BCUT2D eigenvalue weighted by Gasteiger charge is -2.36. The number of carbonyl (C=O) groups excluding carboxylic acids is 1. The number of benzene rings is 3. The lowest BCUT2D eigenvalue weighted by atomic mass is 9.97. The molecule has 1 N–H and O–H groups in total. The van der Waals surface area contributed by atoms with E-state index < -0.39 is 17.5 Å². The minimum Gasteiger partial charge on any atom is -0.440 e. The van der Waals surface area contributed by atoms with Gasteiger partial charge in [-0.25, -0.2) is 4.39 Å². The number of piperidine rings is 1. The molecule has 3 aromatic rings. The molecule has 0 saturated carbocycles. The Bertz CT molecular complexity index is 1160. The normalized spacial score (nSPS) is 24.7. The molecule has 6 rings (SSSR count). The maximum Gasteiger partial charge on any atom is 0.305 e. The van der Waals surface area contributed by atoms with E-state index in [2.05, 4.69) is 17.3 Å². The molecule has 6 heteroatoms. The van der Waals surface area contributed by atoms with Crippen LogP contribution in [0.15, 0.2) is 72.8 Å². The van der Waals surface area contributed by atoms with Crippen molar-refractivity contribution in [1.82, 2.24) is 10.2 Å². The first-order chi connectivity index (χ1) is 16.5. The summed E-state index contributed by atoms with van der Waals surface area (Å²) in [6, 6.07) is 23.1. The Morgan fingerprint density at radius 1 is 0.912 bits per heavy atom. The molecular weight excluding hydrogens is 431 g/mol. The molecule has 174 valence electrons. The van der Waals surface area contributed by atoms with Crippen LogP contribution in [0.25, 0.3) is 0 Å². The van der Waals surface area contributed by atoms with Gasteiger partial charge in [-0.05, 0) is 44.9 Å². The Balaban J connectivity index is 1.30. The van der Waals surface area contributed by atoms with Gasteiger partial charge in [0.25, 0.3) is 5.91 Å². The zero-order valence-electron chi connectivity index (χ0n) is 19.0. The van der Waals surface area contributed by atoms with E-state index in [9.17, 15) is 4.79 Å². The summed E-state index contributed by atoms with van der Waals surface area (Å²) in [4.78, 5) is 15.5. The molecule has 1 amide bonds. The van der Waals surface area contributed by atoms with Crippen molar-refractivity contribution in [3.05, 3.63) is 95.3 Å². The SMILES string of the molecule is CN1[C@@H]2CC[C@H]1C[C@@H](NC(=O)c1ccc3c(c1F)OC(c1ccccc1)(c1ccccc1)O3)C2. The Labute approximate surface area is 198 Å². The van der Waals surface area contributed by atoms with Gasteiger partial charge in [0.2, 0.25) is 5.75 Å². The van der Waals surface area contributed by atoms with E-state index in [1.807, 2.05) is 60.7 Å². The summed E-state index contributed by atoms with van der Waals surface area (Å²) in [6.07, 6.45) is 4.12. The van der Waals surface area contributed by atoms with Crippen molar-refractivity contribution in [2.24, 2.45) is 0 Å². The standard InChI is InChI=1S/C28H27FN2O3/c1-31-21-12-13-22(31)17-20(16-21)30-27(32)23-14-15-24-26(25(23)29)34-28(33-24,18-8-4-2-5-9-18)19-10-6-3-7-11-19/h2-11,14-15,20-22H,12-13,16-17H2,1H3,(H,30,32)/t20-,21+,22-. The molecule has 5 nitrogen and oxygen atoms in total. The first kappa shape index (κ1) is 21.2. The average Bonchev–Trinajstić information content (AvgIpc) is 3.35. The van der Waals surface area contributed by atoms with Gasteiger partial charge in [-0.1, -0.05) is 60.7 Å². The molecule has 0 unspecified atom stereocenters. The molecule has 3 aliphatic heterocycles. The van der Waals surface area contributed by atoms with Gasteiger partial charge in [-0.15, -0.1) is 0 Å². The van der Waals surface area contributed by atoms with Crippen molar-refractivity contribution < 1.29 is 18.7 Å². The van der Waals surface area contributed by atoms with Crippen molar-refractivity contribution in [2.75, 3.05) is 7.05 Å². The molecule has 0 radical (unpaired) electrons. The highest BCUT2D eigenvalue weighted by atomic mass is 19.1. The van der Waals surface area contributed by atoms with Crippen LogP contribution in [0.4, 0.5) is 4.39 Å². The lowest BCUT2D eigenvalue weighted by Crippen LogP contribution is -2.48. The third kappa shape index (κ3) is 3.36. The predicted octanol–water partition coefficient (Wildman–Crippen LogP) is 4.85. The van der Waals surface area contributed by atoms with Crippen molar-refractivity contribution in [1.29, 1.82) is 0 Å². The van der Waals surface area contributed by atoms with E-state index in [4.69, 9.17) is 9.47 Å². The topological polar surface area (TPSA) is 50.8 Å². The number of ether oxygens (including phenoxy) is 2. The number of hydrogen-bond acceptors (Lipinski definition) is 4. The monoisotopic (exact) mass is 458 g/mol. The second kappa shape index (κ2) is 8.13. The molecule has 3 heterocycles. The van der Waals surface area contributed by atoms with E-state index in [0.29, 0.717) is 12.1 Å². The van der Waals surface area contributed by atoms with Crippen LogP contribution in [0.3, 0.4) is 0 Å². The van der Waals surface area contributed by atoms with Crippen LogP contribution in [-0.4, -0.2) is 36.0 Å². The zero-order chi connectivity index (χ0) is 23.3. The Kier molecular flexibility index (Phi) is 5.06. The summed E-state index contributed by atoms with van der Waals surface area (Å²) in [5.41, 5.74) is 1.46. The number of halogens is 1. The van der Waals surface area contributed by atoms with Gasteiger partial charge >= 0.3 is 5.79 Å². The van der Waals surface area contributed by atoms with E-state index in [1.54, 1.807) is 6.07 Å². The number of rotatable bonds is 4. The lowest BCUT2D eigenvalue weighted by molar-refractivity contribution is -0.0472. The Morgan fingerprint density at radius 3 is 2.09 bits per heavy atom. The van der Waals surface area contributed by atoms with Crippen molar-refractivity contribution in [3.63, 3.8) is 0 Å². The van der Waals surface area contributed by atoms with Gasteiger partial charge in [0, 0.05) is 29.3 Å². The number of fused-ring (bicyclic) bond motifs is 3. The van der Waals surface area contributed by atoms with E-state index in [-0.39, 0.29) is 23.1 Å². The molecule has 0 aromatic heterocycles. The summed E-state index contributed by atoms with van der Waals surface area (Å²) >= 11 is 0. The molecule has 0 spiro atoms. The largest absolute Gasteiger partial charge is 0.440 e. The Morgan fingerprint density at radius 2 is 1.50 bits per heavy atom. The number of carbonyl (C=O) groups is 1. The fourth-order valence-electron chi connectivity index (χ4n) is 5.72. The molecule has 3 aromatic carbocycles. The summed E-state index contributed by atoms with van der Waals surface area (Å²) in [6.45, 7) is 0. The maximum atomic E-state index is 15.7. The second-order valence-corrected chi connectivity index (χ2v) is 9.50. The number of amides is 1. The van der Waals surface area contributed by atoms with E-state index >= 15 is 4.39 Å². The van der Waals surface area contributed by atoms with Crippen LogP contribution in [-0.2, 0) is 5.79 Å². The third-order valence-corrected chi connectivity index (χ3v) is 7.55. The highest BCUT2D eigenvalue weighted by Crippen LogP contribution is 2.49. The van der Waals surface area contributed by atoms with Crippen molar-refractivity contribution >= 4 is 5.91 Å². The molecular formula is C28H27FN2O3. The van der Waals surface area contributed by atoms with Crippen molar-refractivity contribution in [3.8, 4) is 11.5 Å². The summed E-state index contributed by atoms with van der Waals surface area (Å²) in [5.74, 6) is -2.19. The first-order valence-corrected chi connectivity index (χ1v) is 11.9. The summed E-state index contributed by atoms with van der Waals surface area (Å²) < 4.78 is 28.2. The van der Waals surface area contributed by atoms with Gasteiger partial charge in [0.05, 0.1) is 5.56 Å². The van der Waals surface area contributed by atoms with Gasteiger partial charge in [0.1, 0.15) is 0 Å². The van der Waals surface area contributed by atoms with Crippen LogP contribution >= 0.6 is 0 Å². The fraction of sp³-hybridized carbons (Fsp3) is 0.321. The number of hydrogen-bond donors (Lipinski definition) is 1. The predicted molar refractivity (Wildman–Crippen MR) is 126 cm³/mol. The van der Waals surface area contributed by atoms with Crippen molar-refractivity contribution in [2.45, 2.75) is 49.6 Å². The highest BCUT2D eigenvalue weighted by Gasteiger charge is 2.47. The average molecular weight is 459 g/mol. The molecule has 2 saturated heterocycles. The van der Waals surface area contributed by atoms with Crippen LogP contribution in [0.1, 0.15) is 47.2 Å². The van der Waals surface area contributed by atoms with Gasteiger partial charge in [-0.2, -0.15) is 0 Å². The van der Waals surface area contributed by atoms with Crippen LogP contribution < -0.4 is 14.8 Å². The van der Waals surface area contributed by atoms with E-state index in [0.717, 1.165) is 36.8 Å². The smallest absolute Gasteiger partial charge is 0.305 e. The summed E-state index contributed by atoms with van der Waals surface area (Å²) in [5, 5.41) is 3.07. The number of nitrogens with one attached hydrogen (secondary N) is 1. The minimum absolute atomic E-state index is 0.0226. The third-order valence-electron chi connectivity index (χ3n) is 7.55. The fourth-order valence-corrected chi connectivity index (χ4v) is 5.72. The van der Waals surface area contributed by atoms with Gasteiger partial charge in [-0.3, -0.25) is 4.79 Å². The molecule has 3 aliphatic rings. The molecule has 34 heavy (non-hydrogen) atoms. The summed E-state index contributed by atoms with van der Waals surface area (Å²) in [7, 11) is 2.16. The Hall–Kier alpha value is -3.38.